The molecule has 0 bridgehead atoms. The molecule has 1 rings (SSSR count). The van der Waals surface area contributed by atoms with Crippen molar-refractivity contribution in [2.24, 2.45) is 0 Å². The van der Waals surface area contributed by atoms with E-state index in [-0.39, 0.29) is 5.91 Å². The number of thiocarbonyl (C=S) groups is 1. The fraction of sp³-hybridized carbons (Fsp3) is 0.333. The van der Waals surface area contributed by atoms with E-state index in [0.29, 0.717) is 20.7 Å². The van der Waals surface area contributed by atoms with Crippen LogP contribution in [0.2, 0.25) is 10.0 Å². The van der Waals surface area contributed by atoms with Gasteiger partial charge in [0, 0.05) is 18.1 Å². The van der Waals surface area contributed by atoms with Crippen molar-refractivity contribution in [3.05, 3.63) is 33.8 Å². The van der Waals surface area contributed by atoms with Gasteiger partial charge in [-0.25, -0.2) is 0 Å². The topological polar surface area (TPSA) is 32.3 Å². The van der Waals surface area contributed by atoms with Gasteiger partial charge in [-0.3, -0.25) is 10.1 Å². The number of amides is 1. The molecule has 18 heavy (non-hydrogen) atoms. The summed E-state index contributed by atoms with van der Waals surface area (Å²) in [4.78, 5) is 13.8. The van der Waals surface area contributed by atoms with Crippen molar-refractivity contribution in [1.82, 2.24) is 10.2 Å². The van der Waals surface area contributed by atoms with E-state index in [1.807, 2.05) is 18.7 Å². The molecular formula is C12H14Cl2N2OS. The Balaban J connectivity index is 2.79. The molecule has 1 aromatic carbocycles. The molecule has 0 aliphatic heterocycles. The number of nitrogens with one attached hydrogen (secondary N) is 1. The van der Waals surface area contributed by atoms with Gasteiger partial charge >= 0.3 is 0 Å². The maximum Gasteiger partial charge on any atom is 0.258 e. The molecule has 6 heteroatoms. The Labute approximate surface area is 122 Å². The Kier molecular flexibility index (Phi) is 5.85. The second kappa shape index (κ2) is 6.92. The SMILES string of the molecule is CCN(CC)C(=S)NC(=O)c1ccc(Cl)cc1Cl. The van der Waals surface area contributed by atoms with E-state index in [4.69, 9.17) is 35.4 Å². The van der Waals surface area contributed by atoms with Gasteiger partial charge in [0.25, 0.3) is 5.91 Å². The van der Waals surface area contributed by atoms with Crippen LogP contribution < -0.4 is 5.32 Å². The molecule has 0 atom stereocenters. The Morgan fingerprint density at radius 3 is 2.44 bits per heavy atom. The van der Waals surface area contributed by atoms with Crippen LogP contribution in [0.25, 0.3) is 0 Å². The zero-order chi connectivity index (χ0) is 13.7. The van der Waals surface area contributed by atoms with Crippen molar-refractivity contribution in [1.29, 1.82) is 0 Å². The standard InChI is InChI=1S/C12H14Cl2N2OS/c1-3-16(4-2)12(18)15-11(17)9-6-5-8(13)7-10(9)14/h5-7H,3-4H2,1-2H3,(H,15,17,18). The summed E-state index contributed by atoms with van der Waals surface area (Å²) in [6.07, 6.45) is 0. The van der Waals surface area contributed by atoms with Crippen LogP contribution >= 0.6 is 35.4 Å². The van der Waals surface area contributed by atoms with E-state index in [1.54, 1.807) is 12.1 Å². The van der Waals surface area contributed by atoms with Crippen molar-refractivity contribution >= 4 is 46.4 Å². The molecule has 1 amide bonds. The molecule has 0 heterocycles. The number of halogens is 2. The lowest BCUT2D eigenvalue weighted by molar-refractivity contribution is 0.0974. The van der Waals surface area contributed by atoms with E-state index in [1.165, 1.54) is 6.07 Å². The molecule has 1 N–H and O–H groups in total. The number of rotatable bonds is 3. The van der Waals surface area contributed by atoms with Crippen LogP contribution in [0.4, 0.5) is 0 Å². The largest absolute Gasteiger partial charge is 0.350 e. The lowest BCUT2D eigenvalue weighted by atomic mass is 10.2. The minimum atomic E-state index is -0.325. The molecule has 0 aliphatic carbocycles. The van der Waals surface area contributed by atoms with Crippen LogP contribution in [0.15, 0.2) is 18.2 Å². The van der Waals surface area contributed by atoms with Crippen LogP contribution in [0.5, 0.6) is 0 Å². The van der Waals surface area contributed by atoms with E-state index < -0.39 is 0 Å². The Hall–Kier alpha value is -0.840. The molecule has 0 saturated carbocycles. The van der Waals surface area contributed by atoms with E-state index in [2.05, 4.69) is 5.32 Å². The number of benzene rings is 1. The number of carbonyl (C=O) groups is 1. The molecule has 0 fully saturated rings. The summed E-state index contributed by atoms with van der Waals surface area (Å²) in [5, 5.41) is 3.84. The number of nitrogens with zero attached hydrogens (tertiary/aromatic N) is 1. The summed E-state index contributed by atoms with van der Waals surface area (Å²) in [5.41, 5.74) is 0.357. The second-order valence-electron chi connectivity index (χ2n) is 3.56. The van der Waals surface area contributed by atoms with Gasteiger partial charge in [-0.05, 0) is 44.3 Å². The fourth-order valence-electron chi connectivity index (χ4n) is 1.43. The molecule has 0 aromatic heterocycles. The molecule has 98 valence electrons. The molecule has 0 saturated heterocycles. The van der Waals surface area contributed by atoms with Gasteiger partial charge in [0.15, 0.2) is 5.11 Å². The first-order valence-corrected chi connectivity index (χ1v) is 6.71. The zero-order valence-corrected chi connectivity index (χ0v) is 12.5. The number of carbonyl (C=O) groups excluding carboxylic acids is 1. The number of hydrogen-bond donors (Lipinski definition) is 1. The zero-order valence-electron chi connectivity index (χ0n) is 10.2. The van der Waals surface area contributed by atoms with Crippen molar-refractivity contribution in [2.75, 3.05) is 13.1 Å². The lowest BCUT2D eigenvalue weighted by Crippen LogP contribution is -2.42. The summed E-state index contributed by atoms with van der Waals surface area (Å²) in [5.74, 6) is -0.325. The summed E-state index contributed by atoms with van der Waals surface area (Å²) in [7, 11) is 0. The van der Waals surface area contributed by atoms with Gasteiger partial charge in [0.05, 0.1) is 10.6 Å². The third kappa shape index (κ3) is 3.83. The molecular weight excluding hydrogens is 291 g/mol. The summed E-state index contributed by atoms with van der Waals surface area (Å²) in [6.45, 7) is 5.42. The average Bonchev–Trinajstić information content (AvgIpc) is 2.30. The molecule has 3 nitrogen and oxygen atoms in total. The van der Waals surface area contributed by atoms with Gasteiger partial charge in [-0.15, -0.1) is 0 Å². The first-order valence-electron chi connectivity index (χ1n) is 5.54. The molecule has 0 spiro atoms. The van der Waals surface area contributed by atoms with Gasteiger partial charge in [-0.2, -0.15) is 0 Å². The minimum absolute atomic E-state index is 0.308. The molecule has 0 aliphatic rings. The van der Waals surface area contributed by atoms with Gasteiger partial charge < -0.3 is 4.90 Å². The van der Waals surface area contributed by atoms with Crippen molar-refractivity contribution in [3.63, 3.8) is 0 Å². The van der Waals surface area contributed by atoms with Crippen LogP contribution in [-0.2, 0) is 0 Å². The summed E-state index contributed by atoms with van der Waals surface area (Å²) >= 11 is 16.9. The van der Waals surface area contributed by atoms with Gasteiger partial charge in [0.2, 0.25) is 0 Å². The van der Waals surface area contributed by atoms with E-state index >= 15 is 0 Å². The third-order valence-electron chi connectivity index (χ3n) is 2.45. The van der Waals surface area contributed by atoms with Gasteiger partial charge in [-0.1, -0.05) is 23.2 Å². The number of hydrogen-bond acceptors (Lipinski definition) is 2. The van der Waals surface area contributed by atoms with Crippen molar-refractivity contribution in [2.45, 2.75) is 13.8 Å². The Bertz CT molecular complexity index is 461. The van der Waals surface area contributed by atoms with Crippen molar-refractivity contribution < 1.29 is 4.79 Å². The third-order valence-corrected chi connectivity index (χ3v) is 3.35. The van der Waals surface area contributed by atoms with E-state index in [9.17, 15) is 4.79 Å². The second-order valence-corrected chi connectivity index (χ2v) is 4.79. The molecule has 0 radical (unpaired) electrons. The Morgan fingerprint density at radius 1 is 1.33 bits per heavy atom. The lowest BCUT2D eigenvalue weighted by Gasteiger charge is -2.21. The fourth-order valence-corrected chi connectivity index (χ4v) is 2.27. The van der Waals surface area contributed by atoms with Crippen LogP contribution in [-0.4, -0.2) is 29.0 Å². The highest BCUT2D eigenvalue weighted by Gasteiger charge is 2.14. The quantitative estimate of drug-likeness (QED) is 0.869. The smallest absolute Gasteiger partial charge is 0.258 e. The van der Waals surface area contributed by atoms with Gasteiger partial charge in [0.1, 0.15) is 0 Å². The minimum Gasteiger partial charge on any atom is -0.350 e. The van der Waals surface area contributed by atoms with E-state index in [0.717, 1.165) is 13.1 Å². The molecule has 1 aromatic rings. The highest BCUT2D eigenvalue weighted by atomic mass is 35.5. The van der Waals surface area contributed by atoms with Crippen LogP contribution in [0.1, 0.15) is 24.2 Å². The normalized spacial score (nSPS) is 10.0. The van der Waals surface area contributed by atoms with Crippen LogP contribution in [0.3, 0.4) is 0 Å². The van der Waals surface area contributed by atoms with Crippen LogP contribution in [0, 0.1) is 0 Å². The first kappa shape index (κ1) is 15.2. The highest BCUT2D eigenvalue weighted by molar-refractivity contribution is 7.80. The maximum absolute atomic E-state index is 12.0. The average molecular weight is 305 g/mol. The highest BCUT2D eigenvalue weighted by Crippen LogP contribution is 2.20. The van der Waals surface area contributed by atoms with Crippen molar-refractivity contribution in [3.8, 4) is 0 Å². The summed E-state index contributed by atoms with van der Waals surface area (Å²) < 4.78 is 0. The Morgan fingerprint density at radius 2 is 1.94 bits per heavy atom. The predicted molar refractivity (Wildman–Crippen MR) is 79.4 cm³/mol. The predicted octanol–water partition coefficient (Wildman–Crippen LogP) is 3.35. The maximum atomic E-state index is 12.0. The monoisotopic (exact) mass is 304 g/mol. The first-order chi connectivity index (χ1) is 8.49. The summed E-state index contributed by atoms with van der Waals surface area (Å²) in [6, 6.07) is 4.71. The molecule has 0 unspecified atom stereocenters.